The van der Waals surface area contributed by atoms with Crippen molar-refractivity contribution in [1.29, 1.82) is 0 Å². The van der Waals surface area contributed by atoms with E-state index in [1.807, 2.05) is 19.1 Å². The molecule has 0 unspecified atom stereocenters. The zero-order valence-electron chi connectivity index (χ0n) is 6.59. The van der Waals surface area contributed by atoms with Crippen molar-refractivity contribution in [3.05, 3.63) is 24.6 Å². The smallest absolute Gasteiger partial charge is 0.116 e. The summed E-state index contributed by atoms with van der Waals surface area (Å²) in [6.07, 6.45) is 4.98. The molecule has 0 aliphatic heterocycles. The number of rotatable bonds is 3. The van der Waals surface area contributed by atoms with Crippen LogP contribution in [0.25, 0.3) is 0 Å². The topological polar surface area (TPSA) is 38.4 Å². The van der Waals surface area contributed by atoms with Gasteiger partial charge in [-0.15, -0.1) is 0 Å². The third-order valence-electron chi connectivity index (χ3n) is 0.915. The van der Waals surface area contributed by atoms with Crippen LogP contribution in [-0.2, 0) is 0 Å². The molecule has 0 rings (SSSR count). The van der Waals surface area contributed by atoms with Gasteiger partial charge in [0.05, 0.1) is 0 Å². The number of aliphatic imine (C=N–C) groups is 1. The average Bonchev–Trinajstić information content (AvgIpc) is 1.82. The molecule has 0 aromatic heterocycles. The van der Waals surface area contributed by atoms with Crippen molar-refractivity contribution in [3.8, 4) is 0 Å². The van der Waals surface area contributed by atoms with Crippen LogP contribution in [0.5, 0.6) is 0 Å². The Balaban J connectivity index is 3.94. The molecular weight excluding hydrogens is 124 g/mol. The van der Waals surface area contributed by atoms with E-state index in [0.29, 0.717) is 5.82 Å². The number of nitrogens with zero attached hydrogens (tertiary/aromatic N) is 1. The molecule has 56 valence electrons. The van der Waals surface area contributed by atoms with E-state index in [0.717, 1.165) is 12.1 Å². The second-order valence-electron chi connectivity index (χ2n) is 2.06. The molecule has 0 amide bonds. The zero-order valence-corrected chi connectivity index (χ0v) is 6.59. The lowest BCUT2D eigenvalue weighted by atomic mass is 10.3. The van der Waals surface area contributed by atoms with Gasteiger partial charge in [-0.1, -0.05) is 19.6 Å². The van der Waals surface area contributed by atoms with Crippen LogP contribution < -0.4 is 5.73 Å². The van der Waals surface area contributed by atoms with Crippen molar-refractivity contribution in [2.24, 2.45) is 10.7 Å². The molecule has 0 saturated heterocycles. The Morgan fingerprint density at radius 2 is 2.30 bits per heavy atom. The van der Waals surface area contributed by atoms with E-state index < -0.39 is 0 Å². The summed E-state index contributed by atoms with van der Waals surface area (Å²) in [7, 11) is 0. The van der Waals surface area contributed by atoms with Gasteiger partial charge in [0.15, 0.2) is 0 Å². The lowest BCUT2D eigenvalue weighted by Gasteiger charge is -1.90. The van der Waals surface area contributed by atoms with E-state index in [-0.39, 0.29) is 0 Å². The molecule has 0 aromatic rings. The molecule has 2 heteroatoms. The molecule has 0 heterocycles. The molecule has 0 aromatic carbocycles. The van der Waals surface area contributed by atoms with Gasteiger partial charge in [-0.3, -0.25) is 0 Å². The summed E-state index contributed by atoms with van der Waals surface area (Å²) >= 11 is 0. The molecule has 0 fully saturated rings. The minimum Gasteiger partial charge on any atom is -0.384 e. The lowest BCUT2D eigenvalue weighted by molar-refractivity contribution is 1.22. The van der Waals surface area contributed by atoms with Gasteiger partial charge >= 0.3 is 0 Å². The van der Waals surface area contributed by atoms with E-state index in [1.54, 1.807) is 0 Å². The third kappa shape index (κ3) is 5.09. The molecule has 0 radical (unpaired) electrons. The Kier molecular flexibility index (Phi) is 4.29. The van der Waals surface area contributed by atoms with Crippen LogP contribution in [0.15, 0.2) is 29.5 Å². The predicted molar refractivity (Wildman–Crippen MR) is 45.9 cm³/mol. The summed E-state index contributed by atoms with van der Waals surface area (Å²) in [6.45, 7) is 7.42. The fourth-order valence-electron chi connectivity index (χ4n) is 0.552. The first-order valence-electron chi connectivity index (χ1n) is 3.33. The van der Waals surface area contributed by atoms with Crippen LogP contribution in [-0.4, -0.2) is 5.71 Å². The standard InChI is InChI=1S/C8H14N2/c1-4-5-6-7(2)10-8(3)9/h5-6H,3-4,9H2,1-2H3/b6-5-,10-7?. The van der Waals surface area contributed by atoms with E-state index in [9.17, 15) is 0 Å². The number of hydrogen-bond acceptors (Lipinski definition) is 2. The third-order valence-corrected chi connectivity index (χ3v) is 0.915. The molecule has 0 aliphatic carbocycles. The fraction of sp³-hybridized carbons (Fsp3) is 0.375. The van der Waals surface area contributed by atoms with Gasteiger partial charge in [0.1, 0.15) is 5.82 Å². The van der Waals surface area contributed by atoms with Crippen molar-refractivity contribution in [1.82, 2.24) is 0 Å². The fourth-order valence-corrected chi connectivity index (χ4v) is 0.552. The van der Waals surface area contributed by atoms with Gasteiger partial charge < -0.3 is 5.73 Å². The first kappa shape index (κ1) is 8.95. The Morgan fingerprint density at radius 1 is 1.70 bits per heavy atom. The quantitative estimate of drug-likeness (QED) is 0.594. The minimum absolute atomic E-state index is 0.359. The van der Waals surface area contributed by atoms with Crippen LogP contribution in [0.3, 0.4) is 0 Å². The van der Waals surface area contributed by atoms with Gasteiger partial charge in [-0.25, -0.2) is 4.99 Å². The highest BCUT2D eigenvalue weighted by Crippen LogP contribution is 1.87. The predicted octanol–water partition coefficient (Wildman–Crippen LogP) is 1.84. The maximum Gasteiger partial charge on any atom is 0.116 e. The number of nitrogens with two attached hydrogens (primary N) is 1. The molecule has 10 heavy (non-hydrogen) atoms. The summed E-state index contributed by atoms with van der Waals surface area (Å²) in [4.78, 5) is 3.93. The SMILES string of the molecule is C=C(N)N=C(C)/C=C\CC. The lowest BCUT2D eigenvalue weighted by Crippen LogP contribution is -1.94. The Labute approximate surface area is 62.1 Å². The van der Waals surface area contributed by atoms with Crippen molar-refractivity contribution in [3.63, 3.8) is 0 Å². The van der Waals surface area contributed by atoms with Crippen LogP contribution in [0.4, 0.5) is 0 Å². The van der Waals surface area contributed by atoms with Crippen molar-refractivity contribution in [2.45, 2.75) is 20.3 Å². The van der Waals surface area contributed by atoms with Gasteiger partial charge in [0.25, 0.3) is 0 Å². The van der Waals surface area contributed by atoms with E-state index in [2.05, 4.69) is 18.5 Å². The minimum atomic E-state index is 0.359. The first-order valence-corrected chi connectivity index (χ1v) is 3.33. The molecule has 0 saturated carbocycles. The van der Waals surface area contributed by atoms with Crippen molar-refractivity contribution >= 4 is 5.71 Å². The Morgan fingerprint density at radius 3 is 2.70 bits per heavy atom. The number of hydrogen-bond donors (Lipinski definition) is 1. The maximum atomic E-state index is 5.25. The van der Waals surface area contributed by atoms with Gasteiger partial charge in [0.2, 0.25) is 0 Å². The molecule has 2 N–H and O–H groups in total. The average molecular weight is 138 g/mol. The highest BCUT2D eigenvalue weighted by atomic mass is 14.9. The van der Waals surface area contributed by atoms with E-state index in [4.69, 9.17) is 5.73 Å². The van der Waals surface area contributed by atoms with Gasteiger partial charge in [-0.2, -0.15) is 0 Å². The first-order chi connectivity index (χ1) is 4.66. The molecular formula is C8H14N2. The van der Waals surface area contributed by atoms with Gasteiger partial charge in [-0.05, 0) is 19.4 Å². The Hall–Kier alpha value is -1.05. The second-order valence-corrected chi connectivity index (χ2v) is 2.06. The van der Waals surface area contributed by atoms with Crippen LogP contribution in [0.2, 0.25) is 0 Å². The van der Waals surface area contributed by atoms with E-state index >= 15 is 0 Å². The monoisotopic (exact) mass is 138 g/mol. The second kappa shape index (κ2) is 4.79. The normalized spacial score (nSPS) is 12.4. The molecule has 0 spiro atoms. The van der Waals surface area contributed by atoms with Crippen LogP contribution >= 0.6 is 0 Å². The molecule has 0 aliphatic rings. The molecule has 2 nitrogen and oxygen atoms in total. The highest BCUT2D eigenvalue weighted by Gasteiger charge is 1.81. The maximum absolute atomic E-state index is 5.25. The van der Waals surface area contributed by atoms with Crippen molar-refractivity contribution < 1.29 is 0 Å². The summed E-state index contributed by atoms with van der Waals surface area (Å²) < 4.78 is 0. The summed E-state index contributed by atoms with van der Waals surface area (Å²) in [6, 6.07) is 0. The van der Waals surface area contributed by atoms with Crippen LogP contribution in [0.1, 0.15) is 20.3 Å². The largest absolute Gasteiger partial charge is 0.384 e. The molecule has 0 bridgehead atoms. The van der Waals surface area contributed by atoms with Crippen molar-refractivity contribution in [2.75, 3.05) is 0 Å². The number of allylic oxidation sites excluding steroid dienone is 2. The summed E-state index contributed by atoms with van der Waals surface area (Å²) in [5.74, 6) is 0.359. The zero-order chi connectivity index (χ0) is 7.98. The molecule has 0 atom stereocenters. The van der Waals surface area contributed by atoms with Crippen LogP contribution in [0, 0.1) is 0 Å². The van der Waals surface area contributed by atoms with E-state index in [1.165, 1.54) is 0 Å². The Bertz CT molecular complexity index is 166. The highest BCUT2D eigenvalue weighted by molar-refractivity contribution is 5.93. The summed E-state index contributed by atoms with van der Waals surface area (Å²) in [5.41, 5.74) is 6.15. The summed E-state index contributed by atoms with van der Waals surface area (Å²) in [5, 5.41) is 0. The van der Waals surface area contributed by atoms with Gasteiger partial charge in [0, 0.05) is 5.71 Å².